The first-order valence-electron chi connectivity index (χ1n) is 13.0. The Balaban J connectivity index is 1.46. The van der Waals surface area contributed by atoms with E-state index in [1.54, 1.807) is 70.3 Å². The van der Waals surface area contributed by atoms with Crippen molar-refractivity contribution in [2.24, 2.45) is 29.6 Å². The van der Waals surface area contributed by atoms with Gasteiger partial charge in [-0.3, -0.25) is 0 Å². The van der Waals surface area contributed by atoms with Gasteiger partial charge in [0.15, 0.2) is 0 Å². The molecule has 0 N–H and O–H groups in total. The van der Waals surface area contributed by atoms with Gasteiger partial charge >= 0.3 is 0 Å². The summed E-state index contributed by atoms with van der Waals surface area (Å²) in [5, 5.41) is 0. The molecule has 0 aromatic rings. The van der Waals surface area contributed by atoms with Crippen LogP contribution < -0.4 is 0 Å². The van der Waals surface area contributed by atoms with Crippen molar-refractivity contribution in [1.82, 2.24) is 0 Å². The maximum absolute atomic E-state index is 2.90. The van der Waals surface area contributed by atoms with E-state index in [9.17, 15) is 0 Å². The Morgan fingerprint density at radius 2 is 1.29 bits per heavy atom. The zero-order valence-corrected chi connectivity index (χ0v) is 23.3. The topological polar surface area (TPSA) is 0 Å². The summed E-state index contributed by atoms with van der Waals surface area (Å²) < 4.78 is 0. The highest BCUT2D eigenvalue weighted by Crippen LogP contribution is 2.61. The van der Waals surface area contributed by atoms with Crippen LogP contribution in [0.3, 0.4) is 0 Å². The van der Waals surface area contributed by atoms with Gasteiger partial charge in [0.25, 0.3) is 0 Å². The van der Waals surface area contributed by atoms with E-state index in [0.29, 0.717) is 0 Å². The monoisotopic (exact) mass is 434 g/mol. The van der Waals surface area contributed by atoms with E-state index < -0.39 is 23.3 Å². The SMILES string of the molecule is C[Si](C)(C)CC1CCC([Si](C)(C)[Si](C)(C)C2CCC3CC4CCCC4CC32)C1. The molecule has 0 amide bonds. The summed E-state index contributed by atoms with van der Waals surface area (Å²) >= 11 is 0. The predicted octanol–water partition coefficient (Wildman–Crippen LogP) is 8.60. The fraction of sp³-hybridized carbons (Fsp3) is 1.00. The Bertz CT molecular complexity index is 561. The molecule has 4 fully saturated rings. The molecular weight excluding hydrogens is 385 g/mol. The molecule has 4 saturated carbocycles. The molecule has 0 spiro atoms. The first-order valence-corrected chi connectivity index (χ1v) is 23.8. The molecule has 28 heavy (non-hydrogen) atoms. The highest BCUT2D eigenvalue weighted by molar-refractivity contribution is 7.41. The van der Waals surface area contributed by atoms with Crippen molar-refractivity contribution in [3.05, 3.63) is 0 Å². The van der Waals surface area contributed by atoms with Crippen LogP contribution in [0.1, 0.15) is 64.2 Å². The van der Waals surface area contributed by atoms with Crippen molar-refractivity contribution >= 4 is 23.3 Å². The van der Waals surface area contributed by atoms with Gasteiger partial charge in [0, 0.05) is 23.3 Å². The molecule has 0 heterocycles. The third kappa shape index (κ3) is 3.95. The molecule has 4 aliphatic carbocycles. The van der Waals surface area contributed by atoms with Gasteiger partial charge in [-0.05, 0) is 53.5 Å². The second kappa shape index (κ2) is 7.66. The molecule has 7 atom stereocenters. The van der Waals surface area contributed by atoms with E-state index in [4.69, 9.17) is 0 Å². The number of fused-ring (bicyclic) bond motifs is 2. The van der Waals surface area contributed by atoms with Crippen molar-refractivity contribution in [3.8, 4) is 0 Å². The Morgan fingerprint density at radius 1 is 0.607 bits per heavy atom. The molecule has 0 aliphatic heterocycles. The molecule has 4 aliphatic rings. The lowest BCUT2D eigenvalue weighted by molar-refractivity contribution is 0.156. The van der Waals surface area contributed by atoms with Gasteiger partial charge in [-0.1, -0.05) is 103 Å². The minimum Gasteiger partial charge on any atom is -0.0711 e. The van der Waals surface area contributed by atoms with E-state index in [1.165, 1.54) is 5.54 Å². The van der Waals surface area contributed by atoms with Crippen molar-refractivity contribution < 1.29 is 0 Å². The van der Waals surface area contributed by atoms with Crippen LogP contribution in [0.5, 0.6) is 0 Å². The standard InChI is InChI=1S/C25H50Si3/c1-26(2,3)18-19-11-13-23(15-19)27(4,5)28(6,7)25-14-12-22-16-20-9-8-10-21(20)17-24(22)25/h19-25H,8-18H2,1-7H3. The quantitative estimate of drug-likeness (QED) is 0.380. The van der Waals surface area contributed by atoms with Gasteiger partial charge in [-0.15, -0.1) is 0 Å². The Kier molecular flexibility index (Phi) is 5.98. The van der Waals surface area contributed by atoms with Gasteiger partial charge in [0.2, 0.25) is 0 Å². The van der Waals surface area contributed by atoms with Crippen LogP contribution >= 0.6 is 0 Å². The van der Waals surface area contributed by atoms with Crippen LogP contribution in [0.4, 0.5) is 0 Å². The molecule has 3 heteroatoms. The molecule has 0 radical (unpaired) electrons. The molecule has 0 saturated heterocycles. The van der Waals surface area contributed by atoms with Crippen LogP contribution in [0, 0.1) is 29.6 Å². The molecule has 162 valence electrons. The molecule has 0 aromatic heterocycles. The Morgan fingerprint density at radius 3 is 1.96 bits per heavy atom. The Labute approximate surface area is 179 Å². The first kappa shape index (κ1) is 21.9. The minimum absolute atomic E-state index is 0.891. The minimum atomic E-state index is -1.15. The van der Waals surface area contributed by atoms with E-state index in [0.717, 1.165) is 35.1 Å². The molecule has 0 nitrogen and oxygen atoms in total. The smallest absolute Gasteiger partial charge is 0.0448 e. The summed E-state index contributed by atoms with van der Waals surface area (Å²) in [5.74, 6) is 5.69. The highest BCUT2D eigenvalue weighted by Gasteiger charge is 2.57. The first-order chi connectivity index (χ1) is 13.0. The lowest BCUT2D eigenvalue weighted by atomic mass is 9.71. The number of rotatable bonds is 5. The summed E-state index contributed by atoms with van der Waals surface area (Å²) in [6.07, 6.45) is 16.1. The van der Waals surface area contributed by atoms with E-state index in [1.807, 2.05) is 0 Å². The molecule has 7 unspecified atom stereocenters. The summed E-state index contributed by atoms with van der Waals surface area (Å²) in [5.41, 5.74) is 2.36. The van der Waals surface area contributed by atoms with Gasteiger partial charge in [-0.2, -0.15) is 0 Å². The third-order valence-electron chi connectivity index (χ3n) is 11.0. The molecular formula is C25H50Si3. The fourth-order valence-corrected chi connectivity index (χ4v) is 25.1. The Hall–Kier alpha value is 0.651. The van der Waals surface area contributed by atoms with Crippen LogP contribution in [-0.2, 0) is 0 Å². The van der Waals surface area contributed by atoms with Gasteiger partial charge in [0.05, 0.1) is 0 Å². The normalized spacial score (nSPS) is 41.9. The van der Waals surface area contributed by atoms with E-state index in [2.05, 4.69) is 45.8 Å². The number of hydrogen-bond acceptors (Lipinski definition) is 0. The van der Waals surface area contributed by atoms with Crippen LogP contribution in [0.2, 0.25) is 63.0 Å². The predicted molar refractivity (Wildman–Crippen MR) is 134 cm³/mol. The largest absolute Gasteiger partial charge is 0.0711 e. The fourth-order valence-electron chi connectivity index (χ4n) is 8.95. The second-order valence-corrected chi connectivity index (χ2v) is 35.8. The lowest BCUT2D eigenvalue weighted by Crippen LogP contribution is -2.61. The summed E-state index contributed by atoms with van der Waals surface area (Å²) in [4.78, 5) is 0. The maximum atomic E-state index is 2.90. The lowest BCUT2D eigenvalue weighted by Gasteiger charge is -2.50. The zero-order chi connectivity index (χ0) is 20.3. The number of hydrogen-bond donors (Lipinski definition) is 0. The van der Waals surface area contributed by atoms with Crippen LogP contribution in [-0.4, -0.2) is 23.3 Å². The van der Waals surface area contributed by atoms with E-state index in [-0.39, 0.29) is 0 Å². The zero-order valence-electron chi connectivity index (χ0n) is 20.3. The summed E-state index contributed by atoms with van der Waals surface area (Å²) in [6.45, 7) is 19.4. The van der Waals surface area contributed by atoms with Crippen molar-refractivity contribution in [2.45, 2.75) is 127 Å². The average molecular weight is 435 g/mol. The summed E-state index contributed by atoms with van der Waals surface area (Å²) in [7, 11) is -3.18. The van der Waals surface area contributed by atoms with Gasteiger partial charge in [0.1, 0.15) is 0 Å². The van der Waals surface area contributed by atoms with Crippen molar-refractivity contribution in [2.75, 3.05) is 0 Å². The van der Waals surface area contributed by atoms with Crippen LogP contribution in [0.25, 0.3) is 0 Å². The van der Waals surface area contributed by atoms with Gasteiger partial charge in [-0.25, -0.2) is 0 Å². The maximum Gasteiger partial charge on any atom is 0.0448 e. The molecule has 0 aromatic carbocycles. The third-order valence-corrected chi connectivity index (χ3v) is 33.6. The molecule has 4 rings (SSSR count). The second-order valence-electron chi connectivity index (χ2n) is 14.1. The van der Waals surface area contributed by atoms with Crippen LogP contribution in [0.15, 0.2) is 0 Å². The average Bonchev–Trinajstić information content (AvgIpc) is 3.29. The van der Waals surface area contributed by atoms with E-state index >= 15 is 0 Å². The summed E-state index contributed by atoms with van der Waals surface area (Å²) in [6, 6.07) is 1.60. The van der Waals surface area contributed by atoms with Gasteiger partial charge < -0.3 is 0 Å². The highest BCUT2D eigenvalue weighted by atomic mass is 29.3. The van der Waals surface area contributed by atoms with Crippen molar-refractivity contribution in [3.63, 3.8) is 0 Å². The molecule has 0 bridgehead atoms. The van der Waals surface area contributed by atoms with Crippen molar-refractivity contribution in [1.29, 1.82) is 0 Å².